The lowest BCUT2D eigenvalue weighted by Gasteiger charge is -2.45. The van der Waals surface area contributed by atoms with Crippen molar-refractivity contribution < 1.29 is 9.59 Å². The van der Waals surface area contributed by atoms with Crippen molar-refractivity contribution >= 4 is 23.4 Å². The summed E-state index contributed by atoms with van der Waals surface area (Å²) in [6.07, 6.45) is 3.12. The monoisotopic (exact) mass is 286 g/mol. The molecule has 1 rings (SSSR count). The first kappa shape index (κ1) is 16.0. The zero-order valence-electron chi connectivity index (χ0n) is 12.1. The maximum Gasteiger partial charge on any atom is 0.248 e. The van der Waals surface area contributed by atoms with Crippen LogP contribution in [0.3, 0.4) is 0 Å². The molecule has 0 saturated carbocycles. The number of amides is 2. The SMILES string of the molecule is CCC(C)C1C(=O)NC(C)(CC)C(=O)N1C/C=C/Cl. The Morgan fingerprint density at radius 3 is 2.58 bits per heavy atom. The molecular weight excluding hydrogens is 264 g/mol. The minimum Gasteiger partial charge on any atom is -0.340 e. The fraction of sp³-hybridized carbons (Fsp3) is 0.714. The van der Waals surface area contributed by atoms with E-state index in [4.69, 9.17) is 11.6 Å². The van der Waals surface area contributed by atoms with Crippen LogP contribution in [0.5, 0.6) is 0 Å². The summed E-state index contributed by atoms with van der Waals surface area (Å²) >= 11 is 5.55. The molecule has 4 nitrogen and oxygen atoms in total. The molecule has 0 radical (unpaired) electrons. The topological polar surface area (TPSA) is 49.4 Å². The highest BCUT2D eigenvalue weighted by molar-refractivity contribution is 6.25. The number of halogens is 1. The Labute approximate surface area is 120 Å². The first-order valence-electron chi connectivity index (χ1n) is 6.79. The number of nitrogens with one attached hydrogen (secondary N) is 1. The van der Waals surface area contributed by atoms with Crippen molar-refractivity contribution in [3.05, 3.63) is 11.6 Å². The summed E-state index contributed by atoms with van der Waals surface area (Å²) in [6, 6.07) is -0.412. The summed E-state index contributed by atoms with van der Waals surface area (Å²) in [5, 5.41) is 2.88. The van der Waals surface area contributed by atoms with Crippen molar-refractivity contribution in [3.8, 4) is 0 Å². The van der Waals surface area contributed by atoms with E-state index < -0.39 is 11.6 Å². The zero-order valence-corrected chi connectivity index (χ0v) is 12.8. The van der Waals surface area contributed by atoms with Crippen LogP contribution in [0.4, 0.5) is 0 Å². The second-order valence-electron chi connectivity index (χ2n) is 5.32. The van der Waals surface area contributed by atoms with E-state index in [2.05, 4.69) is 5.32 Å². The largest absolute Gasteiger partial charge is 0.340 e. The number of carbonyl (C=O) groups is 2. The van der Waals surface area contributed by atoms with Crippen molar-refractivity contribution in [2.45, 2.75) is 52.1 Å². The molecule has 19 heavy (non-hydrogen) atoms. The summed E-state index contributed by atoms with van der Waals surface area (Å²) in [5.41, 5.74) is 0.581. The minimum atomic E-state index is -0.804. The second-order valence-corrected chi connectivity index (χ2v) is 5.58. The molecule has 1 heterocycles. The lowest BCUT2D eigenvalue weighted by atomic mass is 9.87. The molecule has 1 aliphatic rings. The molecular formula is C14H23ClN2O2. The van der Waals surface area contributed by atoms with Gasteiger partial charge in [0.25, 0.3) is 0 Å². The van der Waals surface area contributed by atoms with Gasteiger partial charge in [0.15, 0.2) is 0 Å². The summed E-state index contributed by atoms with van der Waals surface area (Å²) in [5.74, 6) is 0.0185. The molecule has 2 amide bonds. The van der Waals surface area contributed by atoms with Crippen LogP contribution in [-0.2, 0) is 9.59 Å². The van der Waals surface area contributed by atoms with Gasteiger partial charge in [-0.05, 0) is 19.3 Å². The van der Waals surface area contributed by atoms with Gasteiger partial charge in [-0.15, -0.1) is 0 Å². The molecule has 1 saturated heterocycles. The summed E-state index contributed by atoms with van der Waals surface area (Å²) in [7, 11) is 0. The molecule has 3 unspecified atom stereocenters. The molecule has 1 fully saturated rings. The average molecular weight is 287 g/mol. The Morgan fingerprint density at radius 1 is 1.47 bits per heavy atom. The third kappa shape index (κ3) is 3.11. The molecule has 1 N–H and O–H groups in total. The van der Waals surface area contributed by atoms with Crippen molar-refractivity contribution in [1.29, 1.82) is 0 Å². The fourth-order valence-corrected chi connectivity index (χ4v) is 2.44. The van der Waals surface area contributed by atoms with E-state index in [9.17, 15) is 9.59 Å². The molecule has 0 aromatic rings. The van der Waals surface area contributed by atoms with E-state index in [0.29, 0.717) is 13.0 Å². The maximum absolute atomic E-state index is 12.6. The van der Waals surface area contributed by atoms with Gasteiger partial charge in [0, 0.05) is 12.1 Å². The molecule has 0 bridgehead atoms. The Hall–Kier alpha value is -1.03. The molecule has 0 aromatic carbocycles. The molecule has 0 spiro atoms. The number of hydrogen-bond acceptors (Lipinski definition) is 2. The third-order valence-corrected chi connectivity index (χ3v) is 4.20. The van der Waals surface area contributed by atoms with Gasteiger partial charge in [-0.3, -0.25) is 9.59 Å². The highest BCUT2D eigenvalue weighted by Crippen LogP contribution is 2.26. The van der Waals surface area contributed by atoms with Gasteiger partial charge in [-0.2, -0.15) is 0 Å². The fourth-order valence-electron chi connectivity index (χ4n) is 2.36. The Bertz CT molecular complexity index is 384. The van der Waals surface area contributed by atoms with E-state index in [1.165, 1.54) is 5.54 Å². The van der Waals surface area contributed by atoms with Gasteiger partial charge in [0.05, 0.1) is 0 Å². The molecule has 0 aliphatic carbocycles. The van der Waals surface area contributed by atoms with Gasteiger partial charge in [-0.25, -0.2) is 0 Å². The lowest BCUT2D eigenvalue weighted by Crippen LogP contribution is -2.70. The molecule has 108 valence electrons. The van der Waals surface area contributed by atoms with Crippen LogP contribution in [0.25, 0.3) is 0 Å². The summed E-state index contributed by atoms with van der Waals surface area (Å²) < 4.78 is 0. The van der Waals surface area contributed by atoms with Crippen LogP contribution in [0, 0.1) is 5.92 Å². The van der Waals surface area contributed by atoms with Crippen molar-refractivity contribution in [2.24, 2.45) is 5.92 Å². The second kappa shape index (κ2) is 6.42. The Balaban J connectivity index is 3.10. The minimum absolute atomic E-state index is 0.0327. The predicted molar refractivity (Wildman–Crippen MR) is 76.8 cm³/mol. The number of carbonyl (C=O) groups excluding carboxylic acids is 2. The summed E-state index contributed by atoms with van der Waals surface area (Å²) in [4.78, 5) is 26.6. The van der Waals surface area contributed by atoms with E-state index in [1.54, 1.807) is 17.9 Å². The van der Waals surface area contributed by atoms with Crippen LogP contribution in [-0.4, -0.2) is 34.8 Å². The highest BCUT2D eigenvalue weighted by atomic mass is 35.5. The molecule has 1 aliphatic heterocycles. The van der Waals surface area contributed by atoms with E-state index in [-0.39, 0.29) is 17.7 Å². The normalized spacial score (nSPS) is 29.7. The number of hydrogen-bond donors (Lipinski definition) is 1. The first-order chi connectivity index (χ1) is 8.91. The van der Waals surface area contributed by atoms with Crippen LogP contribution >= 0.6 is 11.6 Å². The van der Waals surface area contributed by atoms with E-state index in [1.807, 2.05) is 20.8 Å². The van der Waals surface area contributed by atoms with Crippen LogP contribution < -0.4 is 5.32 Å². The smallest absolute Gasteiger partial charge is 0.248 e. The maximum atomic E-state index is 12.6. The first-order valence-corrected chi connectivity index (χ1v) is 7.23. The van der Waals surface area contributed by atoms with Crippen molar-refractivity contribution in [1.82, 2.24) is 10.2 Å². The highest BCUT2D eigenvalue weighted by Gasteiger charge is 2.47. The van der Waals surface area contributed by atoms with E-state index in [0.717, 1.165) is 6.42 Å². The number of piperazine rings is 1. The van der Waals surface area contributed by atoms with Gasteiger partial charge >= 0.3 is 0 Å². The van der Waals surface area contributed by atoms with Crippen LogP contribution in [0.1, 0.15) is 40.5 Å². The third-order valence-electron chi connectivity index (χ3n) is 4.02. The van der Waals surface area contributed by atoms with Crippen LogP contribution in [0.15, 0.2) is 11.6 Å². The molecule has 5 heteroatoms. The van der Waals surface area contributed by atoms with E-state index >= 15 is 0 Å². The Kier molecular flexibility index (Phi) is 5.41. The standard InChI is InChI=1S/C14H23ClN2O2/c1-5-10(3)11-12(18)16-14(4,6-2)13(19)17(11)9-7-8-15/h7-8,10-11H,5-6,9H2,1-4H3,(H,16,18)/b8-7+. The Morgan fingerprint density at radius 2 is 2.11 bits per heavy atom. The van der Waals surface area contributed by atoms with Gasteiger partial charge < -0.3 is 10.2 Å². The quantitative estimate of drug-likeness (QED) is 0.843. The van der Waals surface area contributed by atoms with Gasteiger partial charge in [0.2, 0.25) is 11.8 Å². The van der Waals surface area contributed by atoms with Crippen LogP contribution in [0.2, 0.25) is 0 Å². The van der Waals surface area contributed by atoms with Gasteiger partial charge in [-0.1, -0.05) is 44.9 Å². The van der Waals surface area contributed by atoms with Gasteiger partial charge in [0.1, 0.15) is 11.6 Å². The van der Waals surface area contributed by atoms with Crippen molar-refractivity contribution in [3.63, 3.8) is 0 Å². The zero-order chi connectivity index (χ0) is 14.6. The number of rotatable bonds is 5. The molecule has 3 atom stereocenters. The average Bonchev–Trinajstić information content (AvgIpc) is 2.40. The number of nitrogens with zero attached hydrogens (tertiary/aromatic N) is 1. The lowest BCUT2D eigenvalue weighted by molar-refractivity contribution is -0.155. The summed E-state index contributed by atoms with van der Waals surface area (Å²) in [6.45, 7) is 8.06. The van der Waals surface area contributed by atoms with Crippen molar-refractivity contribution in [2.75, 3.05) is 6.54 Å². The predicted octanol–water partition coefficient (Wildman–Crippen LogP) is 2.28. The molecule has 0 aromatic heterocycles.